The van der Waals surface area contributed by atoms with Crippen molar-refractivity contribution >= 4 is 11.7 Å². The Balaban J connectivity index is 2.47. The largest absolute Gasteiger partial charge is 0.459 e. The van der Waals surface area contributed by atoms with Gasteiger partial charge in [0.1, 0.15) is 6.07 Å². The van der Waals surface area contributed by atoms with Gasteiger partial charge in [0, 0.05) is 12.5 Å². The van der Waals surface area contributed by atoms with Gasteiger partial charge in [-0.1, -0.05) is 13.8 Å². The predicted octanol–water partition coefficient (Wildman–Crippen LogP) is 3.58. The fourth-order valence-electron chi connectivity index (χ4n) is 3.18. The molecule has 0 fully saturated rings. The molecular weight excluding hydrogens is 337 g/mol. The summed E-state index contributed by atoms with van der Waals surface area (Å²) in [5, 5.41) is 9.17. The summed E-state index contributed by atoms with van der Waals surface area (Å²) in [7, 11) is 1.34. The van der Waals surface area contributed by atoms with E-state index in [0.717, 1.165) is 17.2 Å². The van der Waals surface area contributed by atoms with E-state index in [4.69, 9.17) is 0 Å². The summed E-state index contributed by atoms with van der Waals surface area (Å²) in [6, 6.07) is 2.76. The molecule has 2 rings (SSSR count). The monoisotopic (exact) mass is 354 g/mol. The van der Waals surface area contributed by atoms with E-state index < -0.39 is 34.4 Å². The highest BCUT2D eigenvalue weighted by molar-refractivity contribution is 6.04. The molecule has 8 heteroatoms. The van der Waals surface area contributed by atoms with Gasteiger partial charge in [0.15, 0.2) is 5.78 Å². The Morgan fingerprint density at radius 3 is 2.48 bits per heavy atom. The van der Waals surface area contributed by atoms with Crippen LogP contribution in [0.2, 0.25) is 0 Å². The second kappa shape index (κ2) is 5.76. The zero-order valence-electron chi connectivity index (χ0n) is 14.2. The highest BCUT2D eigenvalue weighted by atomic mass is 19.4. The Morgan fingerprint density at radius 2 is 1.96 bits per heavy atom. The van der Waals surface area contributed by atoms with Gasteiger partial charge in [0.05, 0.1) is 22.9 Å². The molecule has 1 aromatic heterocycles. The number of carbonyl (C=O) groups excluding carboxylic acids is 2. The smallest absolute Gasteiger partial charge is 0.450 e. The lowest BCUT2D eigenvalue weighted by Crippen LogP contribution is -2.52. The standard InChI is InChI=1S/C17H17F3N2O3/c1-15(2)9-16(3,7-10(8-21)12(15)23)22(4)14(24)11-5-6-25-13(11)17(18,19)20/h5-7H,9H2,1-4H3/t16-/m1/s1. The number of nitriles is 1. The summed E-state index contributed by atoms with van der Waals surface area (Å²) < 4.78 is 43.3. The first-order chi connectivity index (χ1) is 11.3. The van der Waals surface area contributed by atoms with Crippen molar-refractivity contribution < 1.29 is 27.2 Å². The number of rotatable bonds is 2. The Bertz CT molecular complexity index is 799. The molecule has 0 unspecified atom stereocenters. The summed E-state index contributed by atoms with van der Waals surface area (Å²) in [4.78, 5) is 26.0. The SMILES string of the molecule is CN(C(=O)c1ccoc1C(F)(F)F)[C@]1(C)C=C(C#N)C(=O)C(C)(C)C1. The molecule has 0 N–H and O–H groups in total. The molecule has 1 heterocycles. The van der Waals surface area contributed by atoms with Crippen molar-refractivity contribution in [3.63, 3.8) is 0 Å². The number of ketones is 1. The van der Waals surface area contributed by atoms with E-state index in [1.54, 1.807) is 26.8 Å². The number of Topliss-reactive ketones (excluding diaryl/α,β-unsaturated/α-hetero) is 1. The molecule has 1 aromatic rings. The van der Waals surface area contributed by atoms with Gasteiger partial charge in [-0.15, -0.1) is 0 Å². The van der Waals surface area contributed by atoms with E-state index in [1.165, 1.54) is 13.1 Å². The van der Waals surface area contributed by atoms with Gasteiger partial charge in [0.25, 0.3) is 5.91 Å². The third kappa shape index (κ3) is 3.18. The van der Waals surface area contributed by atoms with Gasteiger partial charge in [-0.3, -0.25) is 9.59 Å². The minimum Gasteiger partial charge on any atom is -0.459 e. The summed E-state index contributed by atoms with van der Waals surface area (Å²) in [5.41, 5.74) is -2.74. The normalized spacial score (nSPS) is 23.0. The number of carbonyl (C=O) groups is 2. The van der Waals surface area contributed by atoms with Gasteiger partial charge in [0.2, 0.25) is 5.76 Å². The minimum atomic E-state index is -4.80. The molecule has 0 aliphatic heterocycles. The molecular formula is C17H17F3N2O3. The van der Waals surface area contributed by atoms with Crippen LogP contribution in [-0.2, 0) is 11.0 Å². The third-order valence-electron chi connectivity index (χ3n) is 4.46. The van der Waals surface area contributed by atoms with Crippen LogP contribution in [0, 0.1) is 16.7 Å². The molecule has 0 aromatic carbocycles. The van der Waals surface area contributed by atoms with Gasteiger partial charge in [-0.05, 0) is 25.5 Å². The minimum absolute atomic E-state index is 0.110. The van der Waals surface area contributed by atoms with Crippen LogP contribution in [0.25, 0.3) is 0 Å². The number of allylic oxidation sites excluding steroid dienone is 1. The second-order valence-electron chi connectivity index (χ2n) is 6.94. The molecule has 0 saturated carbocycles. The van der Waals surface area contributed by atoms with Crippen molar-refractivity contribution in [3.05, 3.63) is 35.3 Å². The molecule has 1 amide bonds. The molecule has 134 valence electrons. The third-order valence-corrected chi connectivity index (χ3v) is 4.46. The lowest BCUT2D eigenvalue weighted by atomic mass is 9.68. The van der Waals surface area contributed by atoms with Crippen LogP contribution in [0.5, 0.6) is 0 Å². The number of alkyl halides is 3. The van der Waals surface area contributed by atoms with Crippen molar-refractivity contribution in [2.75, 3.05) is 7.05 Å². The Kier molecular flexibility index (Phi) is 4.32. The Morgan fingerprint density at radius 1 is 1.36 bits per heavy atom. The lowest BCUT2D eigenvalue weighted by molar-refractivity contribution is -0.153. The van der Waals surface area contributed by atoms with Crippen LogP contribution < -0.4 is 0 Å². The maximum atomic E-state index is 13.0. The van der Waals surface area contributed by atoms with E-state index in [-0.39, 0.29) is 17.8 Å². The van der Waals surface area contributed by atoms with Crippen LogP contribution in [0.3, 0.4) is 0 Å². The van der Waals surface area contributed by atoms with Crippen LogP contribution in [-0.4, -0.2) is 29.2 Å². The zero-order valence-corrected chi connectivity index (χ0v) is 14.2. The van der Waals surface area contributed by atoms with E-state index >= 15 is 0 Å². The number of hydrogen-bond donors (Lipinski definition) is 0. The maximum Gasteiger partial charge on any atom is 0.450 e. The Hall–Kier alpha value is -2.56. The van der Waals surface area contributed by atoms with E-state index in [9.17, 15) is 28.0 Å². The van der Waals surface area contributed by atoms with Gasteiger partial charge in [-0.2, -0.15) is 18.4 Å². The predicted molar refractivity (Wildman–Crippen MR) is 81.3 cm³/mol. The average molecular weight is 354 g/mol. The average Bonchev–Trinajstić information content (AvgIpc) is 2.98. The molecule has 0 radical (unpaired) electrons. The van der Waals surface area contributed by atoms with E-state index in [2.05, 4.69) is 4.42 Å². The zero-order chi connectivity index (χ0) is 19.2. The molecule has 5 nitrogen and oxygen atoms in total. The fraction of sp³-hybridized carbons (Fsp3) is 0.471. The van der Waals surface area contributed by atoms with Crippen molar-refractivity contribution in [2.45, 2.75) is 38.9 Å². The van der Waals surface area contributed by atoms with Crippen LogP contribution >= 0.6 is 0 Å². The summed E-state index contributed by atoms with van der Waals surface area (Å²) >= 11 is 0. The molecule has 1 atom stereocenters. The van der Waals surface area contributed by atoms with Crippen LogP contribution in [0.4, 0.5) is 13.2 Å². The molecule has 1 aliphatic rings. The fourth-order valence-corrected chi connectivity index (χ4v) is 3.18. The summed E-state index contributed by atoms with van der Waals surface area (Å²) in [5.74, 6) is -2.63. The first-order valence-corrected chi connectivity index (χ1v) is 7.44. The number of halogens is 3. The first-order valence-electron chi connectivity index (χ1n) is 7.44. The highest BCUT2D eigenvalue weighted by Gasteiger charge is 2.47. The molecule has 0 saturated heterocycles. The van der Waals surface area contributed by atoms with Crippen molar-refractivity contribution in [3.8, 4) is 6.07 Å². The highest BCUT2D eigenvalue weighted by Crippen LogP contribution is 2.41. The van der Waals surface area contributed by atoms with Crippen LogP contribution in [0.15, 0.2) is 28.4 Å². The Labute approximate surface area is 142 Å². The summed E-state index contributed by atoms with van der Waals surface area (Å²) in [6.07, 6.45) is -2.49. The molecule has 0 spiro atoms. The number of nitrogens with zero attached hydrogens (tertiary/aromatic N) is 2. The van der Waals surface area contributed by atoms with Crippen molar-refractivity contribution in [2.24, 2.45) is 5.41 Å². The van der Waals surface area contributed by atoms with Crippen LogP contribution in [0.1, 0.15) is 43.3 Å². The van der Waals surface area contributed by atoms with Gasteiger partial charge < -0.3 is 9.32 Å². The van der Waals surface area contributed by atoms with Crippen molar-refractivity contribution in [1.29, 1.82) is 5.26 Å². The van der Waals surface area contributed by atoms with E-state index in [0.29, 0.717) is 0 Å². The molecule has 1 aliphatic carbocycles. The first kappa shape index (κ1) is 18.8. The van der Waals surface area contributed by atoms with Gasteiger partial charge in [-0.25, -0.2) is 0 Å². The quantitative estimate of drug-likeness (QED) is 0.814. The van der Waals surface area contributed by atoms with E-state index in [1.807, 2.05) is 0 Å². The topological polar surface area (TPSA) is 74.3 Å². The van der Waals surface area contributed by atoms with Crippen molar-refractivity contribution in [1.82, 2.24) is 4.90 Å². The molecule has 25 heavy (non-hydrogen) atoms. The number of amides is 1. The lowest BCUT2D eigenvalue weighted by Gasteiger charge is -2.44. The summed E-state index contributed by atoms with van der Waals surface area (Å²) in [6.45, 7) is 4.87. The maximum absolute atomic E-state index is 13.0. The number of hydrogen-bond acceptors (Lipinski definition) is 4. The second-order valence-corrected chi connectivity index (χ2v) is 6.94. The molecule has 0 bridgehead atoms. The van der Waals surface area contributed by atoms with Gasteiger partial charge >= 0.3 is 6.18 Å². The number of furan rings is 1. The number of likely N-dealkylation sites (N-methyl/N-ethyl adjacent to an activating group) is 1.